The Balaban J connectivity index is 1.32. The Morgan fingerprint density at radius 3 is 2.92 bits per heavy atom. The van der Waals surface area contributed by atoms with Gasteiger partial charge in [0.2, 0.25) is 5.91 Å². The fourth-order valence-corrected chi connectivity index (χ4v) is 4.78. The Hall–Kier alpha value is -4.34. The summed E-state index contributed by atoms with van der Waals surface area (Å²) in [7, 11) is 3.22. The zero-order valence-corrected chi connectivity index (χ0v) is 20.2. The van der Waals surface area contributed by atoms with Crippen LogP contribution in [0.15, 0.2) is 53.6 Å². The van der Waals surface area contributed by atoms with E-state index in [1.165, 1.54) is 10.6 Å². The zero-order chi connectivity index (χ0) is 25.2. The van der Waals surface area contributed by atoms with E-state index in [1.54, 1.807) is 32.5 Å². The van der Waals surface area contributed by atoms with Crippen molar-refractivity contribution in [3.63, 3.8) is 0 Å². The maximum Gasteiger partial charge on any atom is 0.263 e. The number of rotatable bonds is 6. The van der Waals surface area contributed by atoms with E-state index >= 15 is 0 Å². The van der Waals surface area contributed by atoms with Gasteiger partial charge in [-0.2, -0.15) is 5.10 Å². The third-order valence-electron chi connectivity index (χ3n) is 6.71. The van der Waals surface area contributed by atoms with Crippen LogP contribution in [0.4, 0.5) is 5.82 Å². The molecular weight excluding hydrogens is 460 g/mol. The predicted octanol–water partition coefficient (Wildman–Crippen LogP) is 3.15. The van der Waals surface area contributed by atoms with Crippen molar-refractivity contribution in [3.05, 3.63) is 76.0 Å². The first-order valence-electron chi connectivity index (χ1n) is 11.9. The van der Waals surface area contributed by atoms with E-state index < -0.39 is 5.91 Å². The maximum absolute atomic E-state index is 13.4. The summed E-state index contributed by atoms with van der Waals surface area (Å²) in [6.07, 6.45) is 6.46. The van der Waals surface area contributed by atoms with Gasteiger partial charge < -0.3 is 24.5 Å². The Bertz CT molecular complexity index is 1480. The summed E-state index contributed by atoms with van der Waals surface area (Å²) in [5.74, 6) is 0.573. The molecule has 3 aromatic heterocycles. The number of aromatic amines is 2. The topological polar surface area (TPSA) is 125 Å². The standard InChI is InChI=1S/C26H28N6O4/c1-31-10-5-6-19(26(31)35)25(34)28-23-14-21(29-30-23)22-7-3-4-11-32(22)24(33)12-16-15-27-20-13-17(36-2)8-9-18(16)20/h5-6,8-10,13-15,22,27H,3-4,7,11-12H2,1-2H3,(H2,28,29,30,34). The third kappa shape index (κ3) is 4.49. The van der Waals surface area contributed by atoms with E-state index in [4.69, 9.17) is 4.74 Å². The van der Waals surface area contributed by atoms with Gasteiger partial charge in [0.05, 0.1) is 25.3 Å². The Kier molecular flexibility index (Phi) is 6.32. The average Bonchev–Trinajstić information content (AvgIpc) is 3.52. The van der Waals surface area contributed by atoms with Crippen LogP contribution in [0.3, 0.4) is 0 Å². The number of nitrogens with one attached hydrogen (secondary N) is 3. The number of carbonyl (C=O) groups is 2. The van der Waals surface area contributed by atoms with E-state index in [0.717, 1.165) is 47.2 Å². The highest BCUT2D eigenvalue weighted by Gasteiger charge is 2.30. The lowest BCUT2D eigenvalue weighted by atomic mass is 9.98. The quantitative estimate of drug-likeness (QED) is 0.385. The number of piperidine rings is 1. The van der Waals surface area contributed by atoms with E-state index in [0.29, 0.717) is 12.4 Å². The average molecular weight is 489 g/mol. The van der Waals surface area contributed by atoms with Gasteiger partial charge in [-0.15, -0.1) is 0 Å². The van der Waals surface area contributed by atoms with Gasteiger partial charge in [0.1, 0.15) is 11.3 Å². The third-order valence-corrected chi connectivity index (χ3v) is 6.71. The van der Waals surface area contributed by atoms with Gasteiger partial charge in [-0.25, -0.2) is 0 Å². The van der Waals surface area contributed by atoms with Crippen LogP contribution in [0.1, 0.15) is 46.9 Å². The monoisotopic (exact) mass is 488 g/mol. The highest BCUT2D eigenvalue weighted by molar-refractivity contribution is 6.03. The summed E-state index contributed by atoms with van der Waals surface area (Å²) >= 11 is 0. The second kappa shape index (κ2) is 9.73. The molecule has 1 aromatic carbocycles. The molecule has 0 radical (unpaired) electrons. The Morgan fingerprint density at radius 1 is 1.22 bits per heavy atom. The number of hydrogen-bond donors (Lipinski definition) is 3. The summed E-state index contributed by atoms with van der Waals surface area (Å²) in [6, 6.07) is 10.5. The molecule has 5 rings (SSSR count). The van der Waals surface area contributed by atoms with Crippen molar-refractivity contribution in [2.75, 3.05) is 19.0 Å². The minimum absolute atomic E-state index is 0.0318. The molecule has 1 unspecified atom stereocenters. The van der Waals surface area contributed by atoms with E-state index in [9.17, 15) is 14.4 Å². The molecule has 0 bridgehead atoms. The van der Waals surface area contributed by atoms with E-state index in [-0.39, 0.29) is 29.5 Å². The maximum atomic E-state index is 13.4. The molecular formula is C26H28N6O4. The van der Waals surface area contributed by atoms with Crippen LogP contribution >= 0.6 is 0 Å². The molecule has 1 aliphatic heterocycles. The zero-order valence-electron chi connectivity index (χ0n) is 20.2. The molecule has 3 N–H and O–H groups in total. The van der Waals surface area contributed by atoms with Gasteiger partial charge in [-0.1, -0.05) is 0 Å². The van der Waals surface area contributed by atoms with Gasteiger partial charge >= 0.3 is 0 Å². The summed E-state index contributed by atoms with van der Waals surface area (Å²) in [4.78, 5) is 43.4. The van der Waals surface area contributed by atoms with Crippen LogP contribution < -0.4 is 15.6 Å². The fourth-order valence-electron chi connectivity index (χ4n) is 4.78. The Morgan fingerprint density at radius 2 is 2.08 bits per heavy atom. The highest BCUT2D eigenvalue weighted by atomic mass is 16.5. The van der Waals surface area contributed by atoms with Crippen molar-refractivity contribution in [1.82, 2.24) is 24.6 Å². The smallest absolute Gasteiger partial charge is 0.263 e. The summed E-state index contributed by atoms with van der Waals surface area (Å²) < 4.78 is 6.63. The Labute approximate surface area is 207 Å². The number of aromatic nitrogens is 4. The van der Waals surface area contributed by atoms with Crippen LogP contribution in [-0.2, 0) is 18.3 Å². The largest absolute Gasteiger partial charge is 0.497 e. The lowest BCUT2D eigenvalue weighted by Gasteiger charge is -2.35. The molecule has 4 aromatic rings. The highest BCUT2D eigenvalue weighted by Crippen LogP contribution is 2.32. The van der Waals surface area contributed by atoms with Crippen molar-refractivity contribution in [2.45, 2.75) is 31.7 Å². The first kappa shape index (κ1) is 23.4. The fraction of sp³-hybridized carbons (Fsp3) is 0.308. The molecule has 2 amide bonds. The molecule has 0 saturated carbocycles. The SMILES string of the molecule is COc1ccc2c(CC(=O)N3CCCCC3c3cc(NC(=O)c4cccn(C)c4=O)n[nH]3)c[nH]c2c1. The number of nitrogens with zero attached hydrogens (tertiary/aromatic N) is 3. The van der Waals surface area contributed by atoms with Crippen LogP contribution in [0.25, 0.3) is 10.9 Å². The van der Waals surface area contributed by atoms with Crippen LogP contribution in [0, 0.1) is 0 Å². The molecule has 0 spiro atoms. The first-order chi connectivity index (χ1) is 17.4. The molecule has 186 valence electrons. The molecule has 0 aliphatic carbocycles. The number of likely N-dealkylation sites (tertiary alicyclic amines) is 1. The van der Waals surface area contributed by atoms with Crippen molar-refractivity contribution >= 4 is 28.5 Å². The van der Waals surface area contributed by atoms with Gasteiger partial charge in [-0.3, -0.25) is 19.5 Å². The first-order valence-corrected chi connectivity index (χ1v) is 11.9. The molecule has 36 heavy (non-hydrogen) atoms. The number of carbonyl (C=O) groups excluding carboxylic acids is 2. The minimum atomic E-state index is -0.526. The van der Waals surface area contributed by atoms with Gasteiger partial charge in [0.25, 0.3) is 11.5 Å². The number of methoxy groups -OCH3 is 1. The van der Waals surface area contributed by atoms with Crippen molar-refractivity contribution in [2.24, 2.45) is 7.05 Å². The number of pyridine rings is 1. The number of aryl methyl sites for hydroxylation is 1. The van der Waals surface area contributed by atoms with Crippen molar-refractivity contribution < 1.29 is 14.3 Å². The number of ether oxygens (including phenoxy) is 1. The lowest BCUT2D eigenvalue weighted by Crippen LogP contribution is -2.39. The summed E-state index contributed by atoms with van der Waals surface area (Å²) in [5.41, 5.74) is 2.27. The number of benzene rings is 1. The predicted molar refractivity (Wildman–Crippen MR) is 135 cm³/mol. The summed E-state index contributed by atoms with van der Waals surface area (Å²) in [5, 5.41) is 10.9. The molecule has 1 saturated heterocycles. The second-order valence-corrected chi connectivity index (χ2v) is 9.00. The van der Waals surface area contributed by atoms with Gasteiger partial charge in [-0.05, 0) is 49.1 Å². The molecule has 1 fully saturated rings. The van der Waals surface area contributed by atoms with Crippen LogP contribution in [0.2, 0.25) is 0 Å². The minimum Gasteiger partial charge on any atom is -0.497 e. The van der Waals surface area contributed by atoms with Crippen LogP contribution in [-0.4, -0.2) is 50.1 Å². The molecule has 1 aliphatic rings. The van der Waals surface area contributed by atoms with Crippen molar-refractivity contribution in [1.29, 1.82) is 0 Å². The molecule has 10 nitrogen and oxygen atoms in total. The van der Waals surface area contributed by atoms with Crippen LogP contribution in [0.5, 0.6) is 5.75 Å². The second-order valence-electron chi connectivity index (χ2n) is 9.00. The number of fused-ring (bicyclic) bond motifs is 1. The lowest BCUT2D eigenvalue weighted by molar-refractivity contribution is -0.134. The number of hydrogen-bond acceptors (Lipinski definition) is 5. The molecule has 4 heterocycles. The molecule has 1 atom stereocenters. The summed E-state index contributed by atoms with van der Waals surface area (Å²) in [6.45, 7) is 0.653. The molecule has 10 heteroatoms. The van der Waals surface area contributed by atoms with E-state index in [2.05, 4.69) is 20.5 Å². The number of H-pyrrole nitrogens is 2. The normalized spacial score (nSPS) is 15.7. The van der Waals surface area contributed by atoms with Gasteiger partial charge in [0, 0.05) is 49.0 Å². The number of amides is 2. The number of anilines is 1. The van der Waals surface area contributed by atoms with E-state index in [1.807, 2.05) is 29.3 Å². The van der Waals surface area contributed by atoms with Crippen molar-refractivity contribution in [3.8, 4) is 5.75 Å². The van der Waals surface area contributed by atoms with Gasteiger partial charge in [0.15, 0.2) is 5.82 Å².